The molecule has 1 unspecified atom stereocenters. The molecule has 0 amide bonds. The third kappa shape index (κ3) is 9.14. The summed E-state index contributed by atoms with van der Waals surface area (Å²) in [4.78, 5) is 4.22. The third-order valence-corrected chi connectivity index (χ3v) is 5.52. The van der Waals surface area contributed by atoms with Crippen LogP contribution in [-0.2, 0) is 16.4 Å². The van der Waals surface area contributed by atoms with E-state index in [4.69, 9.17) is 4.74 Å². The molecule has 2 rings (SSSR count). The van der Waals surface area contributed by atoms with E-state index in [9.17, 15) is 8.42 Å². The number of rotatable bonds is 8. The Morgan fingerprint density at radius 3 is 2.59 bits per heavy atom. The molecule has 0 heterocycles. The second kappa shape index (κ2) is 11.7. The summed E-state index contributed by atoms with van der Waals surface area (Å²) < 4.78 is 28.7. The van der Waals surface area contributed by atoms with Crippen LogP contribution in [0.4, 0.5) is 0 Å². The Morgan fingerprint density at radius 2 is 1.96 bits per heavy atom. The van der Waals surface area contributed by atoms with Crippen LogP contribution < -0.4 is 15.4 Å². The molecule has 1 aromatic carbocycles. The Kier molecular flexibility index (Phi) is 10.4. The number of halogens is 1. The fraction of sp³-hybridized carbons (Fsp3) is 0.632. The molecular weight excluding hydrogens is 477 g/mol. The summed E-state index contributed by atoms with van der Waals surface area (Å²) in [5.41, 5.74) is 1.09. The SMILES string of the molecule is CN=C(NCc1ccccc1OC1CCCC1)NC(C)CCS(C)(=O)=O.I. The molecule has 1 aromatic rings. The Labute approximate surface area is 180 Å². The standard InChI is InChI=1S/C19H31N3O3S.HI/c1-15(12-13-26(3,23)24)22-19(20-2)21-14-16-8-4-7-11-18(16)25-17-9-5-6-10-17;/h4,7-8,11,15,17H,5-6,9-10,12-14H2,1-3H3,(H2,20,21,22);1H. The van der Waals surface area contributed by atoms with Crippen LogP contribution in [0.25, 0.3) is 0 Å². The molecule has 1 atom stereocenters. The van der Waals surface area contributed by atoms with Gasteiger partial charge in [0.2, 0.25) is 0 Å². The van der Waals surface area contributed by atoms with Crippen molar-refractivity contribution in [3.63, 3.8) is 0 Å². The van der Waals surface area contributed by atoms with Crippen molar-refractivity contribution in [2.45, 2.75) is 57.7 Å². The zero-order valence-electron chi connectivity index (χ0n) is 16.4. The van der Waals surface area contributed by atoms with Gasteiger partial charge in [0.1, 0.15) is 15.6 Å². The first-order chi connectivity index (χ1) is 12.4. The number of guanidine groups is 1. The van der Waals surface area contributed by atoms with Crippen LogP contribution in [0.3, 0.4) is 0 Å². The molecule has 2 N–H and O–H groups in total. The van der Waals surface area contributed by atoms with Gasteiger partial charge in [0, 0.05) is 31.5 Å². The van der Waals surface area contributed by atoms with Crippen LogP contribution in [0.5, 0.6) is 5.75 Å². The monoisotopic (exact) mass is 509 g/mol. The molecular formula is C19H32IN3O3S. The maximum atomic E-state index is 11.3. The van der Waals surface area contributed by atoms with Gasteiger partial charge in [-0.15, -0.1) is 24.0 Å². The number of benzene rings is 1. The number of hydrogen-bond acceptors (Lipinski definition) is 4. The van der Waals surface area contributed by atoms with Gasteiger partial charge < -0.3 is 15.4 Å². The van der Waals surface area contributed by atoms with Gasteiger partial charge in [-0.3, -0.25) is 4.99 Å². The fourth-order valence-corrected chi connectivity index (χ4v) is 3.80. The molecule has 0 aliphatic heterocycles. The second-order valence-electron chi connectivity index (χ2n) is 7.02. The van der Waals surface area contributed by atoms with E-state index in [-0.39, 0.29) is 35.8 Å². The van der Waals surface area contributed by atoms with Gasteiger partial charge in [0.05, 0.1) is 11.9 Å². The lowest BCUT2D eigenvalue weighted by molar-refractivity contribution is 0.208. The molecule has 0 saturated heterocycles. The van der Waals surface area contributed by atoms with E-state index in [2.05, 4.69) is 21.7 Å². The Hall–Kier alpha value is -1.03. The van der Waals surface area contributed by atoms with E-state index in [1.54, 1.807) is 7.05 Å². The van der Waals surface area contributed by atoms with E-state index < -0.39 is 9.84 Å². The summed E-state index contributed by atoms with van der Waals surface area (Å²) in [7, 11) is -1.24. The number of sulfone groups is 1. The van der Waals surface area contributed by atoms with Crippen molar-refractivity contribution in [2.75, 3.05) is 19.1 Å². The predicted molar refractivity (Wildman–Crippen MR) is 122 cm³/mol. The van der Waals surface area contributed by atoms with Crippen LogP contribution in [-0.4, -0.2) is 45.6 Å². The molecule has 27 heavy (non-hydrogen) atoms. The van der Waals surface area contributed by atoms with Crippen molar-refractivity contribution in [3.05, 3.63) is 29.8 Å². The van der Waals surface area contributed by atoms with E-state index in [1.807, 2.05) is 25.1 Å². The molecule has 1 saturated carbocycles. The highest BCUT2D eigenvalue weighted by atomic mass is 127. The number of hydrogen-bond donors (Lipinski definition) is 2. The molecule has 0 radical (unpaired) electrons. The number of nitrogens with zero attached hydrogens (tertiary/aromatic N) is 1. The second-order valence-corrected chi connectivity index (χ2v) is 9.28. The van der Waals surface area contributed by atoms with Crippen LogP contribution in [0.15, 0.2) is 29.3 Å². The zero-order valence-corrected chi connectivity index (χ0v) is 19.5. The summed E-state index contributed by atoms with van der Waals surface area (Å²) in [5.74, 6) is 1.74. The quantitative estimate of drug-likeness (QED) is 0.320. The maximum Gasteiger partial charge on any atom is 0.191 e. The molecule has 0 aromatic heterocycles. The first-order valence-corrected chi connectivity index (χ1v) is 11.3. The van der Waals surface area contributed by atoms with Crippen molar-refractivity contribution in [1.29, 1.82) is 0 Å². The predicted octanol–water partition coefficient (Wildman–Crippen LogP) is 3.11. The van der Waals surface area contributed by atoms with E-state index in [0.29, 0.717) is 25.0 Å². The summed E-state index contributed by atoms with van der Waals surface area (Å²) in [5, 5.41) is 6.52. The topological polar surface area (TPSA) is 79.8 Å². The largest absolute Gasteiger partial charge is 0.490 e. The molecule has 1 aliphatic carbocycles. The maximum absolute atomic E-state index is 11.3. The highest BCUT2D eigenvalue weighted by Gasteiger charge is 2.18. The van der Waals surface area contributed by atoms with Crippen molar-refractivity contribution in [3.8, 4) is 5.75 Å². The third-order valence-electron chi connectivity index (χ3n) is 4.54. The number of para-hydroxylation sites is 1. The molecule has 0 spiro atoms. The summed E-state index contributed by atoms with van der Waals surface area (Å²) in [6.45, 7) is 2.55. The van der Waals surface area contributed by atoms with Gasteiger partial charge in [-0.1, -0.05) is 18.2 Å². The van der Waals surface area contributed by atoms with Gasteiger partial charge in [-0.05, 0) is 45.1 Å². The van der Waals surface area contributed by atoms with Gasteiger partial charge >= 0.3 is 0 Å². The van der Waals surface area contributed by atoms with Crippen molar-refractivity contribution in [1.82, 2.24) is 10.6 Å². The molecule has 1 fully saturated rings. The lowest BCUT2D eigenvalue weighted by Gasteiger charge is -2.20. The average Bonchev–Trinajstić information content (AvgIpc) is 3.10. The van der Waals surface area contributed by atoms with E-state index in [0.717, 1.165) is 24.2 Å². The zero-order chi connectivity index (χ0) is 19.0. The Morgan fingerprint density at radius 1 is 1.30 bits per heavy atom. The van der Waals surface area contributed by atoms with Crippen LogP contribution in [0.1, 0.15) is 44.6 Å². The minimum Gasteiger partial charge on any atom is -0.490 e. The van der Waals surface area contributed by atoms with Crippen LogP contribution >= 0.6 is 24.0 Å². The smallest absolute Gasteiger partial charge is 0.191 e. The van der Waals surface area contributed by atoms with Crippen molar-refractivity contribution < 1.29 is 13.2 Å². The van der Waals surface area contributed by atoms with Gasteiger partial charge in [-0.2, -0.15) is 0 Å². The lowest BCUT2D eigenvalue weighted by Crippen LogP contribution is -2.42. The first kappa shape index (κ1) is 24.0. The van der Waals surface area contributed by atoms with E-state index in [1.165, 1.54) is 19.1 Å². The normalized spacial score (nSPS) is 16.5. The highest BCUT2D eigenvalue weighted by Crippen LogP contribution is 2.26. The van der Waals surface area contributed by atoms with Gasteiger partial charge in [0.15, 0.2) is 5.96 Å². The first-order valence-electron chi connectivity index (χ1n) is 9.27. The molecule has 1 aliphatic rings. The fourth-order valence-electron chi connectivity index (χ4n) is 3.02. The summed E-state index contributed by atoms with van der Waals surface area (Å²) >= 11 is 0. The minimum absolute atomic E-state index is 0. The van der Waals surface area contributed by atoms with Crippen LogP contribution in [0, 0.1) is 0 Å². The molecule has 154 valence electrons. The van der Waals surface area contributed by atoms with Crippen LogP contribution in [0.2, 0.25) is 0 Å². The molecule has 8 heteroatoms. The Bertz CT molecular complexity index is 704. The molecule has 0 bridgehead atoms. The van der Waals surface area contributed by atoms with Gasteiger partial charge in [0.25, 0.3) is 0 Å². The van der Waals surface area contributed by atoms with E-state index >= 15 is 0 Å². The van der Waals surface area contributed by atoms with Crippen molar-refractivity contribution in [2.24, 2.45) is 4.99 Å². The highest BCUT2D eigenvalue weighted by molar-refractivity contribution is 14.0. The number of aliphatic imine (C=N–C) groups is 1. The number of ether oxygens (including phenoxy) is 1. The molecule has 6 nitrogen and oxygen atoms in total. The minimum atomic E-state index is -2.95. The number of nitrogens with one attached hydrogen (secondary N) is 2. The summed E-state index contributed by atoms with van der Waals surface area (Å²) in [6.07, 6.45) is 6.87. The summed E-state index contributed by atoms with van der Waals surface area (Å²) in [6, 6.07) is 8.08. The average molecular weight is 509 g/mol. The lowest BCUT2D eigenvalue weighted by atomic mass is 10.2. The van der Waals surface area contributed by atoms with Crippen molar-refractivity contribution >= 4 is 39.8 Å². The Balaban J connectivity index is 0.00000364. The van der Waals surface area contributed by atoms with Gasteiger partial charge in [-0.25, -0.2) is 8.42 Å².